The zero-order valence-corrected chi connectivity index (χ0v) is 10.5. The molecule has 0 unspecified atom stereocenters. The van der Waals surface area contributed by atoms with Gasteiger partial charge in [-0.2, -0.15) is 18.9 Å². The summed E-state index contributed by atoms with van der Waals surface area (Å²) in [7, 11) is 0. The summed E-state index contributed by atoms with van der Waals surface area (Å²) in [6.07, 6.45) is 6.32. The van der Waals surface area contributed by atoms with Crippen molar-refractivity contribution in [1.29, 1.82) is 0 Å². The number of unbranched alkanes of at least 4 members (excludes halogenated alkanes) is 2. The van der Waals surface area contributed by atoms with Gasteiger partial charge in [-0.1, -0.05) is 20.3 Å². The molecular weight excluding hydrogens is 213 g/mol. The summed E-state index contributed by atoms with van der Waals surface area (Å²) in [4.78, 5) is 9.28. The molecule has 0 aliphatic carbocycles. The molecular formula is C9H16OY-2. The predicted octanol–water partition coefficient (Wildman–Crippen LogP) is 2.68. The van der Waals surface area contributed by atoms with Gasteiger partial charge in [0.15, 0.2) is 0 Å². The van der Waals surface area contributed by atoms with Crippen molar-refractivity contribution in [3.8, 4) is 0 Å². The Morgan fingerprint density at radius 1 is 1.64 bits per heavy atom. The second-order valence-corrected chi connectivity index (χ2v) is 2.08. The molecule has 11 heavy (non-hydrogen) atoms. The van der Waals surface area contributed by atoms with E-state index in [-0.39, 0.29) is 32.7 Å². The van der Waals surface area contributed by atoms with Gasteiger partial charge >= 0.3 is 0 Å². The monoisotopic (exact) mass is 229 g/mol. The van der Waals surface area contributed by atoms with Gasteiger partial charge in [-0.15, -0.1) is 0 Å². The normalized spacial score (nSPS) is 6.82. The minimum atomic E-state index is 0. The van der Waals surface area contributed by atoms with Crippen molar-refractivity contribution in [3.63, 3.8) is 0 Å². The van der Waals surface area contributed by atoms with Gasteiger partial charge in [-0.25, -0.2) is 6.58 Å². The van der Waals surface area contributed by atoms with Crippen LogP contribution in [0.15, 0.2) is 12.2 Å². The molecule has 1 radical (unpaired) electrons. The Morgan fingerprint density at radius 2 is 2.00 bits per heavy atom. The first kappa shape index (κ1) is 17.6. The van der Waals surface area contributed by atoms with Crippen LogP contribution in [0.4, 0.5) is 0 Å². The van der Waals surface area contributed by atoms with Crippen LogP contribution >= 0.6 is 0 Å². The summed E-state index contributed by atoms with van der Waals surface area (Å²) < 4.78 is 0. The molecule has 0 amide bonds. The van der Waals surface area contributed by atoms with Gasteiger partial charge < -0.3 is 11.2 Å². The Labute approximate surface area is 95.5 Å². The zero-order valence-electron chi connectivity index (χ0n) is 7.68. The van der Waals surface area contributed by atoms with Gasteiger partial charge in [0.2, 0.25) is 0 Å². The molecule has 0 spiro atoms. The maximum Gasteiger partial charge on any atom is 0 e. The van der Waals surface area contributed by atoms with Crippen LogP contribution in [0, 0.1) is 6.42 Å². The SMILES string of the molecule is C=C(C)[C-]=O.C[CH-]CCC.[Y]. The van der Waals surface area contributed by atoms with E-state index in [0.29, 0.717) is 5.57 Å². The Morgan fingerprint density at radius 3 is 2.00 bits per heavy atom. The summed E-state index contributed by atoms with van der Waals surface area (Å²) >= 11 is 0. The fourth-order valence-electron chi connectivity index (χ4n) is 0.289. The average Bonchev–Trinajstić information content (AvgIpc) is 1.91. The van der Waals surface area contributed by atoms with Gasteiger partial charge in [-0.05, 0) is 6.29 Å². The number of allylic oxidation sites excluding steroid dienone is 1. The van der Waals surface area contributed by atoms with Crippen molar-refractivity contribution in [2.45, 2.75) is 33.6 Å². The van der Waals surface area contributed by atoms with E-state index in [1.165, 1.54) is 12.8 Å². The van der Waals surface area contributed by atoms with Crippen LogP contribution in [0.1, 0.15) is 33.6 Å². The summed E-state index contributed by atoms with van der Waals surface area (Å²) in [5, 5.41) is 0. The molecule has 0 aliphatic rings. The van der Waals surface area contributed by atoms with Crippen molar-refractivity contribution >= 4 is 6.29 Å². The predicted molar refractivity (Wildman–Crippen MR) is 45.4 cm³/mol. The van der Waals surface area contributed by atoms with E-state index >= 15 is 0 Å². The van der Waals surface area contributed by atoms with Crippen LogP contribution in [0.3, 0.4) is 0 Å². The van der Waals surface area contributed by atoms with Gasteiger partial charge in [0.25, 0.3) is 0 Å². The van der Waals surface area contributed by atoms with Crippen LogP contribution in [-0.2, 0) is 37.5 Å². The molecule has 0 aromatic rings. The largest absolute Gasteiger partial charge is 0.419 e. The number of carbonyl (C=O) groups excluding carboxylic acids is 1. The molecule has 0 N–H and O–H groups in total. The van der Waals surface area contributed by atoms with E-state index in [0.717, 1.165) is 0 Å². The van der Waals surface area contributed by atoms with E-state index in [1.54, 1.807) is 13.2 Å². The third-order valence-corrected chi connectivity index (χ3v) is 0.752. The summed E-state index contributed by atoms with van der Waals surface area (Å²) in [6, 6.07) is 0. The van der Waals surface area contributed by atoms with Gasteiger partial charge in [0.05, 0.1) is 0 Å². The fourth-order valence-corrected chi connectivity index (χ4v) is 0.289. The minimum absolute atomic E-state index is 0. The van der Waals surface area contributed by atoms with Gasteiger partial charge in [-0.3, -0.25) is 0 Å². The Hall–Kier alpha value is 0.514. The van der Waals surface area contributed by atoms with Crippen LogP contribution in [0.5, 0.6) is 0 Å². The molecule has 0 rings (SSSR count). The van der Waals surface area contributed by atoms with E-state index < -0.39 is 0 Å². The first-order valence-corrected chi connectivity index (χ1v) is 3.50. The first-order valence-electron chi connectivity index (χ1n) is 3.50. The number of hydrogen-bond donors (Lipinski definition) is 0. The molecule has 0 aliphatic heterocycles. The molecule has 0 atom stereocenters. The fraction of sp³-hybridized carbons (Fsp3) is 0.556. The smallest absolute Gasteiger partial charge is 0 e. The molecule has 2 heteroatoms. The van der Waals surface area contributed by atoms with E-state index in [9.17, 15) is 4.79 Å². The van der Waals surface area contributed by atoms with Gasteiger partial charge in [0.1, 0.15) is 0 Å². The van der Waals surface area contributed by atoms with E-state index in [1.807, 2.05) is 0 Å². The third kappa shape index (κ3) is 37.4. The van der Waals surface area contributed by atoms with E-state index in [4.69, 9.17) is 0 Å². The van der Waals surface area contributed by atoms with Crippen molar-refractivity contribution in [2.75, 3.05) is 0 Å². The zero-order chi connectivity index (χ0) is 8.41. The Balaban J connectivity index is -0.000000107. The molecule has 0 aromatic heterocycles. The summed E-state index contributed by atoms with van der Waals surface area (Å²) in [5.74, 6) is 0. The Bertz CT molecular complexity index is 87.6. The molecule has 0 saturated carbocycles. The molecule has 0 aromatic carbocycles. The second-order valence-electron chi connectivity index (χ2n) is 2.08. The maximum atomic E-state index is 9.28. The van der Waals surface area contributed by atoms with Crippen molar-refractivity contribution < 1.29 is 37.5 Å². The average molecular weight is 229 g/mol. The number of hydrogen-bond acceptors (Lipinski definition) is 1. The second kappa shape index (κ2) is 16.9. The van der Waals surface area contributed by atoms with Crippen LogP contribution in [0.2, 0.25) is 0 Å². The Kier molecular flexibility index (Phi) is 26.9. The topological polar surface area (TPSA) is 17.1 Å². The summed E-state index contributed by atoms with van der Waals surface area (Å²) in [5.41, 5.74) is 0.449. The van der Waals surface area contributed by atoms with Crippen LogP contribution in [0.25, 0.3) is 0 Å². The minimum Gasteiger partial charge on any atom is -0.419 e. The maximum absolute atomic E-state index is 9.28. The molecule has 0 bridgehead atoms. The summed E-state index contributed by atoms with van der Waals surface area (Å²) in [6.45, 7) is 9.12. The van der Waals surface area contributed by atoms with Gasteiger partial charge in [0, 0.05) is 32.7 Å². The standard InChI is InChI=1S/C5H11.C4H5O.Y/c1-3-5-4-2;1-4(2)3-5;/h3H,4-5H2,1-2H3;1H2,2H3;/q2*-1;. The molecule has 63 valence electrons. The van der Waals surface area contributed by atoms with Crippen LogP contribution in [-0.4, -0.2) is 6.29 Å². The molecule has 0 fully saturated rings. The molecule has 0 saturated heterocycles. The van der Waals surface area contributed by atoms with Crippen molar-refractivity contribution in [2.24, 2.45) is 0 Å². The number of rotatable bonds is 3. The van der Waals surface area contributed by atoms with Crippen molar-refractivity contribution in [3.05, 3.63) is 18.6 Å². The molecule has 0 heterocycles. The quantitative estimate of drug-likeness (QED) is 0.537. The van der Waals surface area contributed by atoms with E-state index in [2.05, 4.69) is 26.8 Å². The van der Waals surface area contributed by atoms with Crippen LogP contribution < -0.4 is 0 Å². The third-order valence-electron chi connectivity index (χ3n) is 0.752. The first-order chi connectivity index (χ1) is 4.68. The molecule has 1 nitrogen and oxygen atoms in total. The van der Waals surface area contributed by atoms with Crippen molar-refractivity contribution in [1.82, 2.24) is 0 Å².